The van der Waals surface area contributed by atoms with E-state index in [1.807, 2.05) is 0 Å². The Morgan fingerprint density at radius 1 is 1.00 bits per heavy atom. The first-order valence-electron chi connectivity index (χ1n) is 9.86. The van der Waals surface area contributed by atoms with Crippen molar-refractivity contribution in [3.05, 3.63) is 0 Å². The van der Waals surface area contributed by atoms with Gasteiger partial charge in [-0.25, -0.2) is 0 Å². The summed E-state index contributed by atoms with van der Waals surface area (Å²) in [5.41, 5.74) is 0. The monoisotopic (exact) mass is 466 g/mol. The maximum atomic E-state index is 4.81. The zero-order chi connectivity index (χ0) is 17.2. The first-order chi connectivity index (χ1) is 11.7. The third kappa shape index (κ3) is 8.88. The molecule has 2 heterocycles. The van der Waals surface area contributed by atoms with Crippen molar-refractivity contribution in [1.82, 2.24) is 25.3 Å². The Bertz CT molecular complexity index is 365. The molecule has 0 saturated carbocycles. The molecule has 2 rings (SSSR count). The third-order valence-electron chi connectivity index (χ3n) is 5.19. The van der Waals surface area contributed by atoms with Gasteiger partial charge in [0.1, 0.15) is 0 Å². The third-order valence-corrected chi connectivity index (χ3v) is 5.19. The lowest BCUT2D eigenvalue weighted by atomic mass is 10.1. The van der Waals surface area contributed by atoms with E-state index in [1.54, 1.807) is 0 Å². The molecular weight excluding hydrogens is 427 g/mol. The van der Waals surface area contributed by atoms with E-state index in [9.17, 15) is 0 Å². The largest absolute Gasteiger partial charge is 0.357 e. The number of rotatable bonds is 7. The van der Waals surface area contributed by atoms with Crippen LogP contribution in [0.1, 0.15) is 33.1 Å². The highest BCUT2D eigenvalue weighted by Gasteiger charge is 2.18. The Labute approximate surface area is 171 Å². The fraction of sp³-hybridized carbons (Fsp3) is 0.944. The van der Waals surface area contributed by atoms with Gasteiger partial charge in [-0.15, -0.1) is 24.0 Å². The van der Waals surface area contributed by atoms with E-state index >= 15 is 0 Å². The molecule has 2 saturated heterocycles. The highest BCUT2D eigenvalue weighted by atomic mass is 127. The van der Waals surface area contributed by atoms with Crippen molar-refractivity contribution < 1.29 is 0 Å². The number of nitrogens with zero attached hydrogens (tertiary/aromatic N) is 4. The highest BCUT2D eigenvalue weighted by Crippen LogP contribution is 2.07. The van der Waals surface area contributed by atoms with Crippen LogP contribution in [0.4, 0.5) is 0 Å². The molecule has 0 radical (unpaired) electrons. The van der Waals surface area contributed by atoms with E-state index in [4.69, 9.17) is 4.99 Å². The van der Waals surface area contributed by atoms with Gasteiger partial charge in [0.05, 0.1) is 6.54 Å². The van der Waals surface area contributed by atoms with Crippen LogP contribution in [-0.4, -0.2) is 99.2 Å². The van der Waals surface area contributed by atoms with Crippen LogP contribution in [0.5, 0.6) is 0 Å². The minimum absolute atomic E-state index is 0. The molecule has 1 atom stereocenters. The van der Waals surface area contributed by atoms with Crippen LogP contribution in [0.25, 0.3) is 0 Å². The fourth-order valence-corrected chi connectivity index (χ4v) is 3.46. The van der Waals surface area contributed by atoms with Crippen LogP contribution in [0.2, 0.25) is 0 Å². The summed E-state index contributed by atoms with van der Waals surface area (Å²) in [6, 6.07) is 0.510. The number of piperazine rings is 1. The fourth-order valence-electron chi connectivity index (χ4n) is 3.46. The van der Waals surface area contributed by atoms with E-state index in [0.717, 1.165) is 45.2 Å². The second kappa shape index (κ2) is 13.1. The zero-order valence-corrected chi connectivity index (χ0v) is 18.8. The zero-order valence-electron chi connectivity index (χ0n) is 16.5. The van der Waals surface area contributed by atoms with E-state index in [0.29, 0.717) is 6.04 Å². The van der Waals surface area contributed by atoms with Crippen molar-refractivity contribution in [2.75, 3.05) is 72.5 Å². The average Bonchev–Trinajstić information content (AvgIpc) is 2.61. The summed E-state index contributed by atoms with van der Waals surface area (Å²) in [4.78, 5) is 12.3. The van der Waals surface area contributed by atoms with E-state index in [1.165, 1.54) is 45.4 Å². The Morgan fingerprint density at radius 2 is 1.68 bits per heavy atom. The number of hydrogen-bond donors (Lipinski definition) is 2. The minimum Gasteiger partial charge on any atom is -0.357 e. The van der Waals surface area contributed by atoms with Gasteiger partial charge in [-0.3, -0.25) is 9.89 Å². The van der Waals surface area contributed by atoms with Gasteiger partial charge in [-0.1, -0.05) is 6.42 Å². The standard InChI is InChI=1S/C18H38N6.HI/c1-4-19-18(20-8-11-23-9-6-5-7-10-23)21-16-17(2)24-14-12-22(3)13-15-24;/h17H,4-16H2,1-3H3,(H2,19,20,21);1H. The minimum atomic E-state index is 0. The number of likely N-dealkylation sites (N-methyl/N-ethyl adjacent to an activating group) is 1. The quantitative estimate of drug-likeness (QED) is 0.337. The smallest absolute Gasteiger partial charge is 0.191 e. The van der Waals surface area contributed by atoms with Crippen molar-refractivity contribution in [3.63, 3.8) is 0 Å². The van der Waals surface area contributed by atoms with Gasteiger partial charge in [-0.2, -0.15) is 0 Å². The molecule has 6 nitrogen and oxygen atoms in total. The molecule has 0 aromatic rings. The first kappa shape index (κ1) is 22.9. The van der Waals surface area contributed by atoms with Crippen molar-refractivity contribution in [3.8, 4) is 0 Å². The summed E-state index contributed by atoms with van der Waals surface area (Å²) < 4.78 is 0. The molecule has 0 aliphatic carbocycles. The lowest BCUT2D eigenvalue weighted by Crippen LogP contribution is -2.49. The van der Waals surface area contributed by atoms with Crippen LogP contribution < -0.4 is 10.6 Å². The van der Waals surface area contributed by atoms with Gasteiger partial charge in [0.15, 0.2) is 5.96 Å². The van der Waals surface area contributed by atoms with E-state index < -0.39 is 0 Å². The van der Waals surface area contributed by atoms with Crippen LogP contribution in [0, 0.1) is 0 Å². The summed E-state index contributed by atoms with van der Waals surface area (Å²) in [7, 11) is 2.20. The van der Waals surface area contributed by atoms with Crippen LogP contribution in [0.3, 0.4) is 0 Å². The van der Waals surface area contributed by atoms with Gasteiger partial charge in [0.25, 0.3) is 0 Å². The Morgan fingerprint density at radius 3 is 2.32 bits per heavy atom. The molecule has 0 spiro atoms. The summed E-state index contributed by atoms with van der Waals surface area (Å²) >= 11 is 0. The van der Waals surface area contributed by atoms with Gasteiger partial charge >= 0.3 is 0 Å². The Kier molecular flexibility index (Phi) is 12.0. The molecule has 2 aliphatic heterocycles. The maximum Gasteiger partial charge on any atom is 0.191 e. The number of guanidine groups is 1. The number of halogens is 1. The molecule has 2 N–H and O–H groups in total. The molecule has 2 aliphatic rings. The number of hydrogen-bond acceptors (Lipinski definition) is 4. The lowest BCUT2D eigenvalue weighted by molar-refractivity contribution is 0.122. The molecule has 25 heavy (non-hydrogen) atoms. The van der Waals surface area contributed by atoms with E-state index in [2.05, 4.69) is 46.2 Å². The molecule has 0 bridgehead atoms. The summed E-state index contributed by atoms with van der Waals surface area (Å²) in [6.45, 7) is 15.5. The Hall–Kier alpha value is -0.120. The molecule has 7 heteroatoms. The van der Waals surface area contributed by atoms with Crippen molar-refractivity contribution in [2.45, 2.75) is 39.2 Å². The molecule has 0 aromatic carbocycles. The maximum absolute atomic E-state index is 4.81. The average molecular weight is 466 g/mol. The number of likely N-dealkylation sites (tertiary alicyclic amines) is 1. The SMILES string of the molecule is CCNC(=NCC(C)N1CCN(C)CC1)NCCN1CCCCC1.I. The molecule has 148 valence electrons. The number of nitrogens with one attached hydrogen (secondary N) is 2. The van der Waals surface area contributed by atoms with E-state index in [-0.39, 0.29) is 24.0 Å². The van der Waals surface area contributed by atoms with Gasteiger partial charge in [0.2, 0.25) is 0 Å². The summed E-state index contributed by atoms with van der Waals surface area (Å²) in [6.07, 6.45) is 4.12. The molecular formula is C18H39IN6. The highest BCUT2D eigenvalue weighted by molar-refractivity contribution is 14.0. The molecule has 2 fully saturated rings. The van der Waals surface area contributed by atoms with Crippen molar-refractivity contribution in [1.29, 1.82) is 0 Å². The summed E-state index contributed by atoms with van der Waals surface area (Å²) in [5.74, 6) is 0.968. The van der Waals surface area contributed by atoms with Gasteiger partial charge in [0, 0.05) is 51.9 Å². The molecule has 1 unspecified atom stereocenters. The predicted octanol–water partition coefficient (Wildman–Crippen LogP) is 1.28. The first-order valence-corrected chi connectivity index (χ1v) is 9.86. The van der Waals surface area contributed by atoms with Crippen molar-refractivity contribution in [2.24, 2.45) is 4.99 Å². The summed E-state index contributed by atoms with van der Waals surface area (Å²) in [5, 5.41) is 6.88. The number of piperidine rings is 1. The predicted molar refractivity (Wildman–Crippen MR) is 118 cm³/mol. The van der Waals surface area contributed by atoms with Crippen molar-refractivity contribution >= 4 is 29.9 Å². The second-order valence-electron chi connectivity index (χ2n) is 7.24. The van der Waals surface area contributed by atoms with Gasteiger partial charge < -0.3 is 20.4 Å². The molecule has 0 aromatic heterocycles. The lowest BCUT2D eigenvalue weighted by Gasteiger charge is -2.35. The van der Waals surface area contributed by atoms with Crippen LogP contribution in [0.15, 0.2) is 4.99 Å². The topological polar surface area (TPSA) is 46.1 Å². The van der Waals surface area contributed by atoms with Crippen LogP contribution >= 0.6 is 24.0 Å². The van der Waals surface area contributed by atoms with Gasteiger partial charge in [-0.05, 0) is 46.8 Å². The molecule has 0 amide bonds. The normalized spacial score (nSPS) is 22.3. The number of aliphatic imine (C=N–C) groups is 1. The van der Waals surface area contributed by atoms with Crippen LogP contribution in [-0.2, 0) is 0 Å². The Balaban J connectivity index is 0.00000312. The second-order valence-corrected chi connectivity index (χ2v) is 7.24.